The van der Waals surface area contributed by atoms with Gasteiger partial charge in [-0.1, -0.05) is 220 Å². The van der Waals surface area contributed by atoms with Crippen LogP contribution in [0.5, 0.6) is 0 Å². The first kappa shape index (κ1) is 47.5. The molecule has 0 aliphatic heterocycles. The van der Waals surface area contributed by atoms with Crippen molar-refractivity contribution in [2.24, 2.45) is 0 Å². The van der Waals surface area contributed by atoms with Gasteiger partial charge >= 0.3 is 16.8 Å². The van der Waals surface area contributed by atoms with Crippen molar-refractivity contribution >= 4 is 70.2 Å². The predicted molar refractivity (Wildman–Crippen MR) is 249 cm³/mol. The summed E-state index contributed by atoms with van der Waals surface area (Å²) in [6.45, 7) is 30.0. The molecule has 4 aromatic carbocycles. The van der Waals surface area contributed by atoms with Crippen molar-refractivity contribution in [3.63, 3.8) is 0 Å². The Morgan fingerprint density at radius 1 is 0.404 bits per heavy atom. The van der Waals surface area contributed by atoms with E-state index in [1.807, 2.05) is 18.2 Å². The molecule has 0 saturated carbocycles. The average molecular weight is 832 g/mol. The topological polar surface area (TPSA) is 0 Å². The Labute approximate surface area is 341 Å². The van der Waals surface area contributed by atoms with E-state index >= 15 is 0 Å². The molecule has 285 valence electrons. The molecule has 0 aromatic heterocycles. The molecule has 0 unspecified atom stereocenters. The van der Waals surface area contributed by atoms with E-state index in [9.17, 15) is 0 Å². The first-order chi connectivity index (χ1) is 24.1. The SMILES string of the molecule is CC(C)P(C[B-](CP(C(C)C)C(C)C)(CP(C(C)C)C(C)C)c1ccccc1)C(C)C.[Co+2].[S-][Si](c1ccccc1)(c1ccccc1)c1ccccc1. The quantitative estimate of drug-likeness (QED) is 0.0469. The molecule has 7 heteroatoms. The third kappa shape index (κ3) is 12.9. The summed E-state index contributed by atoms with van der Waals surface area (Å²) in [5.74, 6) is 0. The molecule has 0 nitrogen and oxygen atoms in total. The Morgan fingerprint density at radius 2 is 0.615 bits per heavy atom. The van der Waals surface area contributed by atoms with Crippen LogP contribution >= 0.6 is 23.8 Å². The Bertz CT molecular complexity index is 1350. The minimum Gasteiger partial charge on any atom is -0.782 e. The normalized spacial score (nSPS) is 12.4. The maximum atomic E-state index is 6.24. The number of hydrogen-bond donors (Lipinski definition) is 0. The maximum Gasteiger partial charge on any atom is 2.00 e. The Kier molecular flexibility index (Phi) is 20.8. The van der Waals surface area contributed by atoms with Crippen LogP contribution in [0.25, 0.3) is 0 Å². The largest absolute Gasteiger partial charge is 2.00 e. The van der Waals surface area contributed by atoms with E-state index in [-0.39, 0.29) is 40.5 Å². The second kappa shape index (κ2) is 22.8. The van der Waals surface area contributed by atoms with Crippen LogP contribution in [0.15, 0.2) is 121 Å². The second-order valence-electron chi connectivity index (χ2n) is 16.3. The second-order valence-corrected chi connectivity index (χ2v) is 31.6. The minimum absolute atomic E-state index is 0. The number of benzene rings is 4. The summed E-state index contributed by atoms with van der Waals surface area (Å²) in [6.07, 6.45) is -0.559. The van der Waals surface area contributed by atoms with Crippen molar-refractivity contribution < 1.29 is 16.8 Å². The smallest absolute Gasteiger partial charge is 0.782 e. The van der Waals surface area contributed by atoms with Gasteiger partial charge in [-0.2, -0.15) is 18.2 Å². The third-order valence-corrected chi connectivity index (χ3v) is 27.6. The summed E-state index contributed by atoms with van der Waals surface area (Å²) < 4.78 is 0. The zero-order valence-electron chi connectivity index (χ0n) is 34.3. The van der Waals surface area contributed by atoms with E-state index in [0.717, 1.165) is 34.0 Å². The van der Waals surface area contributed by atoms with Crippen molar-refractivity contribution in [3.05, 3.63) is 121 Å². The van der Waals surface area contributed by atoms with Gasteiger partial charge in [-0.05, 0) is 34.0 Å². The zero-order valence-corrected chi connectivity index (χ0v) is 39.8. The standard InChI is InChI=1S/C27H53BP3.C18H15SSi.Co/c1-21(2)29(22(3)4)18-28(27-16-14-13-15-17-27,19-30(23(5)6)24(7)8)20-31(25(9)10)26(11)12;19-20(16-10-4-1-5-11-16,17-12-6-2-7-13-17)18-14-8-3-9-15-18;/h13-17,21-26H,18-20H2,1-12H3;1-15H;/q2*-1;+2. The van der Waals surface area contributed by atoms with Crippen LogP contribution in [-0.4, -0.2) is 65.5 Å². The van der Waals surface area contributed by atoms with Crippen LogP contribution in [0.1, 0.15) is 83.1 Å². The summed E-state index contributed by atoms with van der Waals surface area (Å²) in [6, 6.07) is 47.9. The van der Waals surface area contributed by atoms with E-state index in [4.69, 9.17) is 12.1 Å². The molecule has 0 N–H and O–H groups in total. The minimum atomic E-state index is -2.29. The molecule has 0 aliphatic carbocycles. The van der Waals surface area contributed by atoms with Crippen LogP contribution < -0.4 is 21.0 Å². The van der Waals surface area contributed by atoms with Crippen LogP contribution in [0.2, 0.25) is 0 Å². The fourth-order valence-electron chi connectivity index (χ4n) is 8.13. The molecule has 52 heavy (non-hydrogen) atoms. The van der Waals surface area contributed by atoms with Crippen molar-refractivity contribution in [3.8, 4) is 0 Å². The summed E-state index contributed by atoms with van der Waals surface area (Å²) in [4.78, 5) is 0. The van der Waals surface area contributed by atoms with Gasteiger partial charge in [0.2, 0.25) is 0 Å². The monoisotopic (exact) mass is 831 g/mol. The Hall–Kier alpha value is -0.692. The Balaban J connectivity index is 0.000000382. The molecular formula is C45H68BCoP3SSi. The van der Waals surface area contributed by atoms with E-state index in [1.165, 1.54) is 33.7 Å². The van der Waals surface area contributed by atoms with Gasteiger partial charge in [-0.25, -0.2) is 5.46 Å². The summed E-state index contributed by atoms with van der Waals surface area (Å²) in [5.41, 5.74) is 6.59. The average Bonchev–Trinajstić information content (AvgIpc) is 3.12. The maximum absolute atomic E-state index is 6.24. The van der Waals surface area contributed by atoms with Crippen molar-refractivity contribution in [1.82, 2.24) is 0 Å². The first-order valence-corrected chi connectivity index (χ1v) is 27.7. The van der Waals surface area contributed by atoms with Crippen molar-refractivity contribution in [2.45, 2.75) is 117 Å². The van der Waals surface area contributed by atoms with E-state index in [2.05, 4.69) is 186 Å². The molecule has 1 radical (unpaired) electrons. The molecule has 0 amide bonds. The summed E-state index contributed by atoms with van der Waals surface area (Å²) >= 11 is 6.24. The van der Waals surface area contributed by atoms with Gasteiger partial charge in [-0.3, -0.25) is 0 Å². The molecule has 4 aromatic rings. The van der Waals surface area contributed by atoms with Gasteiger partial charge in [0.05, 0.1) is 0 Å². The van der Waals surface area contributed by atoms with Crippen LogP contribution in [0.4, 0.5) is 0 Å². The van der Waals surface area contributed by atoms with Gasteiger partial charge in [0, 0.05) is 13.4 Å². The van der Waals surface area contributed by atoms with Crippen LogP contribution in [-0.2, 0) is 28.9 Å². The summed E-state index contributed by atoms with van der Waals surface area (Å²) in [5, 5.41) is 3.81. The van der Waals surface area contributed by atoms with Crippen molar-refractivity contribution in [2.75, 3.05) is 18.2 Å². The van der Waals surface area contributed by atoms with Gasteiger partial charge in [0.1, 0.15) is 0 Å². The van der Waals surface area contributed by atoms with E-state index in [0.29, 0.717) is 0 Å². The van der Waals surface area contributed by atoms with E-state index in [1.54, 1.807) is 5.46 Å². The fraction of sp³-hybridized carbons (Fsp3) is 0.467. The van der Waals surface area contributed by atoms with Crippen molar-refractivity contribution in [1.29, 1.82) is 0 Å². The summed E-state index contributed by atoms with van der Waals surface area (Å²) in [7, 11) is -2.23. The molecule has 0 heterocycles. The van der Waals surface area contributed by atoms with Crippen LogP contribution in [0, 0.1) is 0 Å². The number of rotatable bonds is 16. The number of hydrogen-bond acceptors (Lipinski definition) is 1. The predicted octanol–water partition coefficient (Wildman–Crippen LogP) is 11.1. The fourth-order valence-corrected chi connectivity index (χ4v) is 22.9. The third-order valence-electron chi connectivity index (χ3n) is 10.7. The molecule has 4 rings (SSSR count). The molecule has 0 aliphatic rings. The van der Waals surface area contributed by atoms with Gasteiger partial charge < -0.3 is 12.1 Å². The molecule has 0 fully saturated rings. The van der Waals surface area contributed by atoms with E-state index < -0.39 is 13.4 Å². The Morgan fingerprint density at radius 3 is 0.827 bits per heavy atom. The molecular weight excluding hydrogens is 763 g/mol. The van der Waals surface area contributed by atoms with Gasteiger partial charge in [0.15, 0.2) is 0 Å². The van der Waals surface area contributed by atoms with Gasteiger partial charge in [0.25, 0.3) is 0 Å². The van der Waals surface area contributed by atoms with Gasteiger partial charge in [-0.15, -0.1) is 23.8 Å². The molecule has 0 atom stereocenters. The molecule has 0 bridgehead atoms. The first-order valence-electron chi connectivity index (χ1n) is 19.5. The molecule has 0 saturated heterocycles. The van der Waals surface area contributed by atoms with Crippen LogP contribution in [0.3, 0.4) is 0 Å². The zero-order chi connectivity index (χ0) is 37.8. The molecule has 0 spiro atoms.